The quantitative estimate of drug-likeness (QED) is 0.481. The van der Waals surface area contributed by atoms with Crippen LogP contribution in [0.5, 0.6) is 5.75 Å². The summed E-state index contributed by atoms with van der Waals surface area (Å²) in [6.45, 7) is 11.7. The highest BCUT2D eigenvalue weighted by molar-refractivity contribution is 6.05. The molecule has 14 heteroatoms. The van der Waals surface area contributed by atoms with E-state index in [4.69, 9.17) is 9.57 Å². The largest absolute Gasteiger partial charge is 0.476 e. The van der Waals surface area contributed by atoms with Crippen LogP contribution >= 0.6 is 0 Å². The molecule has 3 rings (SSSR count). The number of nitrogens with zero attached hydrogens (tertiary/aromatic N) is 3. The maximum absolute atomic E-state index is 14.5. The first kappa shape index (κ1) is 33.9. The predicted octanol–water partition coefficient (Wildman–Crippen LogP) is 4.38. The molecule has 43 heavy (non-hydrogen) atoms. The van der Waals surface area contributed by atoms with Crippen molar-refractivity contribution >= 4 is 29.6 Å². The molecule has 2 aliphatic rings. The number of hydrogen-bond donors (Lipinski definition) is 1. The van der Waals surface area contributed by atoms with E-state index < -0.39 is 64.3 Å². The van der Waals surface area contributed by atoms with Crippen molar-refractivity contribution in [1.82, 2.24) is 15.3 Å². The number of hydrogen-bond acceptors (Lipinski definition) is 8. The fraction of sp³-hybridized carbons (Fsp3) is 0.655. The normalized spacial score (nSPS) is 18.9. The summed E-state index contributed by atoms with van der Waals surface area (Å²) in [5, 5.41) is 3.89. The van der Waals surface area contributed by atoms with Crippen molar-refractivity contribution in [2.24, 2.45) is 5.41 Å². The van der Waals surface area contributed by atoms with Gasteiger partial charge in [0.1, 0.15) is 5.75 Å². The number of fused-ring (bicyclic) bond motifs is 1. The summed E-state index contributed by atoms with van der Waals surface area (Å²) >= 11 is 0. The molecule has 1 saturated heterocycles. The number of benzene rings is 1. The zero-order valence-electron chi connectivity index (χ0n) is 25.9. The fourth-order valence-electron chi connectivity index (χ4n) is 5.04. The highest BCUT2D eigenvalue weighted by Crippen LogP contribution is 2.44. The van der Waals surface area contributed by atoms with Crippen LogP contribution in [0.2, 0.25) is 0 Å². The maximum atomic E-state index is 14.5. The molecule has 1 N–H and O–H groups in total. The number of halogens is 3. The summed E-state index contributed by atoms with van der Waals surface area (Å²) in [5.41, 5.74) is -4.15. The number of carbonyl (C=O) groups is 4. The third-order valence-corrected chi connectivity index (χ3v) is 7.21. The number of amides is 3. The summed E-state index contributed by atoms with van der Waals surface area (Å²) in [6.07, 6.45) is -4.63. The van der Waals surface area contributed by atoms with Gasteiger partial charge < -0.3 is 29.4 Å². The SMILES string of the molecule is COC(=O)NCCN1C(=O)C(C)(C)Oc2cc(C(F)(F)F)c(C(=O)N(C(C)C)[C@@H]3CCCN(OC(=O)C(C)(C)C)C3)cc21. The topological polar surface area (TPSA) is 118 Å². The number of carbonyl (C=O) groups excluding carboxylic acids is 4. The first-order valence-electron chi connectivity index (χ1n) is 14.2. The molecule has 0 saturated carbocycles. The molecule has 3 amide bonds. The van der Waals surface area contributed by atoms with Gasteiger partial charge in [-0.25, -0.2) is 9.59 Å². The Balaban J connectivity index is 2.04. The monoisotopic (exact) mass is 614 g/mol. The lowest BCUT2D eigenvalue weighted by Crippen LogP contribution is -2.55. The van der Waals surface area contributed by atoms with E-state index in [-0.39, 0.29) is 31.1 Å². The third-order valence-electron chi connectivity index (χ3n) is 7.21. The fourth-order valence-corrected chi connectivity index (χ4v) is 5.04. The summed E-state index contributed by atoms with van der Waals surface area (Å²) < 4.78 is 53.6. The highest BCUT2D eigenvalue weighted by atomic mass is 19.4. The number of anilines is 1. The molecule has 0 aliphatic carbocycles. The number of methoxy groups -OCH3 is 1. The first-order valence-corrected chi connectivity index (χ1v) is 14.2. The van der Waals surface area contributed by atoms with Gasteiger partial charge in [-0.2, -0.15) is 13.2 Å². The van der Waals surface area contributed by atoms with Gasteiger partial charge in [0, 0.05) is 31.7 Å². The molecule has 0 aromatic heterocycles. The minimum Gasteiger partial charge on any atom is -0.476 e. The van der Waals surface area contributed by atoms with Gasteiger partial charge in [0.25, 0.3) is 11.8 Å². The molecule has 0 radical (unpaired) electrons. The summed E-state index contributed by atoms with van der Waals surface area (Å²) in [6, 6.07) is 0.712. The zero-order chi connectivity index (χ0) is 32.5. The van der Waals surface area contributed by atoms with Crippen molar-refractivity contribution in [3.8, 4) is 5.75 Å². The van der Waals surface area contributed by atoms with Gasteiger partial charge in [0.15, 0.2) is 5.60 Å². The van der Waals surface area contributed by atoms with E-state index in [0.29, 0.717) is 19.4 Å². The zero-order valence-corrected chi connectivity index (χ0v) is 25.9. The van der Waals surface area contributed by atoms with Crippen molar-refractivity contribution < 1.29 is 46.7 Å². The van der Waals surface area contributed by atoms with Gasteiger partial charge in [-0.1, -0.05) is 0 Å². The molecule has 1 aromatic carbocycles. The molecular formula is C29H41F3N4O7. The second kappa shape index (κ2) is 12.6. The lowest BCUT2D eigenvalue weighted by Gasteiger charge is -2.42. The Bertz CT molecular complexity index is 1240. The number of hydroxylamine groups is 2. The summed E-state index contributed by atoms with van der Waals surface area (Å²) in [5.74, 6) is -2.13. The van der Waals surface area contributed by atoms with Crippen LogP contribution < -0.4 is 15.0 Å². The Morgan fingerprint density at radius 2 is 1.84 bits per heavy atom. The Kier molecular flexibility index (Phi) is 9.94. The molecule has 0 unspecified atom stereocenters. The molecule has 2 heterocycles. The van der Waals surface area contributed by atoms with E-state index in [1.54, 1.807) is 34.6 Å². The smallest absolute Gasteiger partial charge is 0.417 e. The van der Waals surface area contributed by atoms with Crippen molar-refractivity contribution in [3.63, 3.8) is 0 Å². The molecule has 1 fully saturated rings. The number of alkyl carbamates (subject to hydrolysis) is 1. The van der Waals surface area contributed by atoms with Crippen LogP contribution in [0.15, 0.2) is 12.1 Å². The standard InChI is InChI=1S/C29H41F3N4O7/c1-17(2)36(18-10-9-12-34(16-18)43-25(39)27(3,4)5)23(37)19-14-21-22(15-20(19)29(30,31)32)42-28(6,7)24(38)35(21)13-11-33-26(40)41-8/h14-15,17-18H,9-13,16H2,1-8H3,(H,33,40)/t18-/m1/s1. The van der Waals surface area contributed by atoms with Crippen molar-refractivity contribution in [3.05, 3.63) is 23.3 Å². The van der Waals surface area contributed by atoms with Crippen LogP contribution in [0.3, 0.4) is 0 Å². The van der Waals surface area contributed by atoms with E-state index in [0.717, 1.165) is 12.1 Å². The average molecular weight is 615 g/mol. The molecule has 11 nitrogen and oxygen atoms in total. The van der Waals surface area contributed by atoms with Gasteiger partial charge in [-0.05, 0) is 73.4 Å². The van der Waals surface area contributed by atoms with Gasteiger partial charge in [0.05, 0.1) is 35.9 Å². The first-order chi connectivity index (χ1) is 19.8. The lowest BCUT2D eigenvalue weighted by atomic mass is 9.96. The Labute approximate surface area is 249 Å². The molecule has 1 aromatic rings. The Morgan fingerprint density at radius 3 is 2.40 bits per heavy atom. The van der Waals surface area contributed by atoms with Crippen LogP contribution in [-0.4, -0.2) is 84.8 Å². The van der Waals surface area contributed by atoms with E-state index in [1.807, 2.05) is 0 Å². The molecule has 1 atom stereocenters. The summed E-state index contributed by atoms with van der Waals surface area (Å²) in [4.78, 5) is 59.5. The van der Waals surface area contributed by atoms with Crippen LogP contribution in [0.4, 0.5) is 23.7 Å². The molecule has 0 bridgehead atoms. The minimum absolute atomic E-state index is 0.0274. The number of ether oxygens (including phenoxy) is 2. The predicted molar refractivity (Wildman–Crippen MR) is 150 cm³/mol. The van der Waals surface area contributed by atoms with E-state index in [1.165, 1.54) is 35.8 Å². The van der Waals surface area contributed by atoms with Gasteiger partial charge in [-0.3, -0.25) is 9.59 Å². The molecule has 0 spiro atoms. The van der Waals surface area contributed by atoms with Crippen LogP contribution in [0.25, 0.3) is 0 Å². The van der Waals surface area contributed by atoms with Gasteiger partial charge >= 0.3 is 18.2 Å². The second-order valence-corrected chi connectivity index (χ2v) is 12.5. The molecular weight excluding hydrogens is 573 g/mol. The van der Waals surface area contributed by atoms with Crippen molar-refractivity contribution in [2.75, 3.05) is 38.2 Å². The molecule has 240 valence electrons. The molecule has 2 aliphatic heterocycles. The number of nitrogens with one attached hydrogen (secondary N) is 1. The number of alkyl halides is 3. The van der Waals surface area contributed by atoms with E-state index >= 15 is 0 Å². The van der Waals surface area contributed by atoms with Crippen LogP contribution in [-0.2, 0) is 25.3 Å². The second-order valence-electron chi connectivity index (χ2n) is 12.5. The number of piperidine rings is 1. The lowest BCUT2D eigenvalue weighted by molar-refractivity contribution is -0.208. The maximum Gasteiger partial charge on any atom is 0.417 e. The van der Waals surface area contributed by atoms with Gasteiger partial charge in [-0.15, -0.1) is 5.06 Å². The minimum atomic E-state index is -4.92. The Hall–Kier alpha value is -3.55. The Morgan fingerprint density at radius 1 is 1.19 bits per heavy atom. The summed E-state index contributed by atoms with van der Waals surface area (Å²) in [7, 11) is 1.17. The average Bonchev–Trinajstić information content (AvgIpc) is 2.89. The number of rotatable bonds is 7. The van der Waals surface area contributed by atoms with E-state index in [9.17, 15) is 32.3 Å². The van der Waals surface area contributed by atoms with Crippen molar-refractivity contribution in [2.45, 2.75) is 85.2 Å². The van der Waals surface area contributed by atoms with Crippen molar-refractivity contribution in [1.29, 1.82) is 0 Å². The highest BCUT2D eigenvalue weighted by Gasteiger charge is 2.45. The van der Waals surface area contributed by atoms with Gasteiger partial charge in [0.2, 0.25) is 0 Å². The van der Waals surface area contributed by atoms with Crippen LogP contribution in [0, 0.1) is 5.41 Å². The van der Waals surface area contributed by atoms with E-state index in [2.05, 4.69) is 10.1 Å². The van der Waals surface area contributed by atoms with Crippen LogP contribution in [0.1, 0.15) is 77.2 Å². The third kappa shape index (κ3) is 7.70.